The number of halogens is 3. The Morgan fingerprint density at radius 2 is 1.90 bits per heavy atom. The van der Waals surface area contributed by atoms with Gasteiger partial charge in [0.2, 0.25) is 5.88 Å². The van der Waals surface area contributed by atoms with Gasteiger partial charge in [-0.25, -0.2) is 18.2 Å². The number of phenolic OH excluding ortho intramolecular Hbond substituents is 1. The second kappa shape index (κ2) is 12.8. The molecule has 0 amide bonds. The highest BCUT2D eigenvalue weighted by molar-refractivity contribution is 6.04. The van der Waals surface area contributed by atoms with Crippen molar-refractivity contribution in [3.63, 3.8) is 0 Å². The van der Waals surface area contributed by atoms with Crippen molar-refractivity contribution in [1.29, 1.82) is 0 Å². The molecule has 0 unspecified atom stereocenters. The first-order chi connectivity index (χ1) is 25.3. The van der Waals surface area contributed by atoms with Gasteiger partial charge in [0.05, 0.1) is 36.4 Å². The average molecular weight is 708 g/mol. The molecule has 2 aromatic heterocycles. The summed E-state index contributed by atoms with van der Waals surface area (Å²) in [6.07, 6.45) is 8.39. The Hall–Kier alpha value is -5.12. The van der Waals surface area contributed by atoms with Gasteiger partial charge in [-0.1, -0.05) is 42.3 Å². The number of benzene rings is 3. The monoisotopic (exact) mass is 707 g/mol. The van der Waals surface area contributed by atoms with Crippen LogP contribution in [-0.2, 0) is 11.3 Å². The van der Waals surface area contributed by atoms with Crippen molar-refractivity contribution in [3.05, 3.63) is 77.4 Å². The molecular formula is C40H36F3N5O4. The van der Waals surface area contributed by atoms with E-state index in [1.54, 1.807) is 0 Å². The zero-order valence-electron chi connectivity index (χ0n) is 28.3. The number of anilines is 1. The maximum Gasteiger partial charge on any atom is 0.319 e. The Balaban J connectivity index is 1.18. The Kier molecular flexibility index (Phi) is 8.08. The molecule has 9 nitrogen and oxygen atoms in total. The number of phenols is 1. The molecule has 3 aromatic carbocycles. The lowest BCUT2D eigenvalue weighted by molar-refractivity contribution is -0.0275. The smallest absolute Gasteiger partial charge is 0.319 e. The lowest BCUT2D eigenvalue weighted by Crippen LogP contribution is -2.53. The molecule has 9 rings (SSSR count). The van der Waals surface area contributed by atoms with E-state index in [2.05, 4.69) is 25.7 Å². The van der Waals surface area contributed by atoms with E-state index >= 15 is 8.78 Å². The first kappa shape index (κ1) is 32.8. The van der Waals surface area contributed by atoms with Gasteiger partial charge >= 0.3 is 6.01 Å². The summed E-state index contributed by atoms with van der Waals surface area (Å²) in [4.78, 5) is 18.4. The maximum atomic E-state index is 17.2. The van der Waals surface area contributed by atoms with Gasteiger partial charge < -0.3 is 24.2 Å². The molecule has 0 spiro atoms. The third kappa shape index (κ3) is 5.45. The highest BCUT2D eigenvalue weighted by Crippen LogP contribution is 2.45. The summed E-state index contributed by atoms with van der Waals surface area (Å²) in [6, 6.07) is 15.2. The minimum absolute atomic E-state index is 0.0582. The van der Waals surface area contributed by atoms with Crippen LogP contribution in [0.3, 0.4) is 0 Å². The Bertz CT molecular complexity index is 2250. The largest absolute Gasteiger partial charge is 0.508 e. The molecule has 52 heavy (non-hydrogen) atoms. The van der Waals surface area contributed by atoms with E-state index in [0.29, 0.717) is 37.3 Å². The highest BCUT2D eigenvalue weighted by Gasteiger charge is 2.49. The van der Waals surface area contributed by atoms with Crippen LogP contribution in [0.4, 0.5) is 19.0 Å². The van der Waals surface area contributed by atoms with Crippen LogP contribution in [0.25, 0.3) is 32.9 Å². The standard InChI is InChI=1S/C40H36F3N5O4/c1-2-27-29(42)10-9-24-17-26(49)18-28(32(24)27)35-34(43)36-33-37(46-39(45-36)52-22-40-13-6-14-47(40)20-25(41)19-40)48(15-16-50-38(33)44-35)30-11-12-31(30)51-21-23-7-4-3-5-8-23/h1,3-5,7-10,17-18,25,30-31,49H,6,11-16,19-22H2/t25-,30-,31+,40+/m1/s1. The van der Waals surface area contributed by atoms with E-state index in [-0.39, 0.29) is 76.1 Å². The number of ether oxygens (including phenoxy) is 3. The zero-order valence-corrected chi connectivity index (χ0v) is 28.3. The SMILES string of the molecule is C#Cc1c(F)ccc2cc(O)cc(-c3nc4c5c(nc(OC[C@@]67CCCN6C[C@H](F)C7)nc5c3F)N([C@@H]3CC[C@@H]3OCc3ccccc3)CCO4)c12. The van der Waals surface area contributed by atoms with E-state index in [4.69, 9.17) is 25.6 Å². The predicted molar refractivity (Wildman–Crippen MR) is 189 cm³/mol. The van der Waals surface area contributed by atoms with Gasteiger partial charge in [-0.15, -0.1) is 6.42 Å². The Labute approximate surface area is 298 Å². The van der Waals surface area contributed by atoms with Gasteiger partial charge in [-0.3, -0.25) is 4.90 Å². The Morgan fingerprint density at radius 3 is 2.71 bits per heavy atom. The number of aromatic nitrogens is 3. The second-order valence-electron chi connectivity index (χ2n) is 14.2. The minimum atomic E-state index is -0.950. The molecule has 3 aliphatic heterocycles. The first-order valence-electron chi connectivity index (χ1n) is 17.7. The van der Waals surface area contributed by atoms with Gasteiger partial charge in [-0.2, -0.15) is 9.97 Å². The van der Waals surface area contributed by atoms with Crippen LogP contribution in [0, 0.1) is 24.0 Å². The van der Waals surface area contributed by atoms with Crippen molar-refractivity contribution in [2.45, 2.75) is 62.6 Å². The van der Waals surface area contributed by atoms with Gasteiger partial charge in [0, 0.05) is 23.9 Å². The van der Waals surface area contributed by atoms with E-state index in [1.807, 2.05) is 30.3 Å². The third-order valence-corrected chi connectivity index (χ3v) is 11.1. The number of pyridine rings is 1. The van der Waals surface area contributed by atoms with E-state index < -0.39 is 23.3 Å². The lowest BCUT2D eigenvalue weighted by Gasteiger charge is -2.44. The second-order valence-corrected chi connectivity index (χ2v) is 14.2. The molecule has 1 aliphatic carbocycles. The molecule has 266 valence electrons. The quantitative estimate of drug-likeness (QED) is 0.177. The predicted octanol–water partition coefficient (Wildman–Crippen LogP) is 6.71. The molecule has 12 heteroatoms. The number of hydrogen-bond donors (Lipinski definition) is 1. The molecule has 5 heterocycles. The molecule has 2 saturated heterocycles. The number of nitrogens with zero attached hydrogens (tertiary/aromatic N) is 5. The number of hydrogen-bond acceptors (Lipinski definition) is 9. The topological polar surface area (TPSA) is 93.1 Å². The summed E-state index contributed by atoms with van der Waals surface area (Å²) in [5.74, 6) is 1.18. The number of aromatic hydroxyl groups is 1. The Morgan fingerprint density at radius 1 is 1.04 bits per heavy atom. The number of fused-ring (bicyclic) bond motifs is 2. The van der Waals surface area contributed by atoms with E-state index in [0.717, 1.165) is 37.8 Å². The molecule has 0 bridgehead atoms. The fraction of sp³-hybridized carbons (Fsp3) is 0.375. The molecule has 5 aromatic rings. The van der Waals surface area contributed by atoms with Crippen LogP contribution in [0.1, 0.15) is 43.2 Å². The summed E-state index contributed by atoms with van der Waals surface area (Å²) < 4.78 is 65.8. The van der Waals surface area contributed by atoms with Gasteiger partial charge in [0.25, 0.3) is 0 Å². The van der Waals surface area contributed by atoms with E-state index in [9.17, 15) is 9.50 Å². The fourth-order valence-electron chi connectivity index (χ4n) is 8.51. The number of terminal acetylenes is 1. The van der Waals surface area contributed by atoms with Gasteiger partial charge in [0.15, 0.2) is 5.82 Å². The summed E-state index contributed by atoms with van der Waals surface area (Å²) in [5, 5.41) is 11.6. The molecule has 0 radical (unpaired) electrons. The number of rotatable bonds is 8. The molecule has 1 N–H and O–H groups in total. The van der Waals surface area contributed by atoms with Crippen molar-refractivity contribution in [2.75, 3.05) is 37.7 Å². The van der Waals surface area contributed by atoms with Crippen molar-refractivity contribution in [2.24, 2.45) is 0 Å². The van der Waals surface area contributed by atoms with Crippen LogP contribution in [-0.4, -0.2) is 81.7 Å². The van der Waals surface area contributed by atoms with Crippen molar-refractivity contribution in [1.82, 2.24) is 19.9 Å². The fourth-order valence-corrected chi connectivity index (χ4v) is 8.51. The third-order valence-electron chi connectivity index (χ3n) is 11.1. The molecular weight excluding hydrogens is 671 g/mol. The maximum absolute atomic E-state index is 17.2. The van der Waals surface area contributed by atoms with Crippen molar-refractivity contribution >= 4 is 27.5 Å². The van der Waals surface area contributed by atoms with Crippen LogP contribution in [0.2, 0.25) is 0 Å². The van der Waals surface area contributed by atoms with Crippen LogP contribution >= 0.6 is 0 Å². The van der Waals surface area contributed by atoms with Crippen LogP contribution in [0.15, 0.2) is 54.6 Å². The van der Waals surface area contributed by atoms with Gasteiger partial charge in [0.1, 0.15) is 53.4 Å². The molecule has 3 fully saturated rings. The highest BCUT2D eigenvalue weighted by atomic mass is 19.1. The number of alkyl halides is 1. The first-order valence-corrected chi connectivity index (χ1v) is 17.7. The normalized spacial score (nSPS) is 24.0. The minimum Gasteiger partial charge on any atom is -0.508 e. The zero-order chi connectivity index (χ0) is 35.6. The lowest BCUT2D eigenvalue weighted by atomic mass is 9.87. The van der Waals surface area contributed by atoms with Crippen LogP contribution in [0.5, 0.6) is 17.6 Å². The summed E-state index contributed by atoms with van der Waals surface area (Å²) in [7, 11) is 0. The average Bonchev–Trinajstić information content (AvgIpc) is 3.60. The van der Waals surface area contributed by atoms with Crippen molar-refractivity contribution in [3.8, 4) is 41.2 Å². The summed E-state index contributed by atoms with van der Waals surface area (Å²) in [5.41, 5.74) is 0.236. The molecule has 1 saturated carbocycles. The van der Waals surface area contributed by atoms with Crippen LogP contribution < -0.4 is 14.4 Å². The van der Waals surface area contributed by atoms with Gasteiger partial charge in [-0.05, 0) is 61.4 Å². The van der Waals surface area contributed by atoms with Crippen molar-refractivity contribution < 1.29 is 32.5 Å². The summed E-state index contributed by atoms with van der Waals surface area (Å²) in [6.45, 7) is 2.34. The molecule has 4 atom stereocenters. The molecule has 4 aliphatic rings. The summed E-state index contributed by atoms with van der Waals surface area (Å²) >= 11 is 0. The van der Waals surface area contributed by atoms with E-state index in [1.165, 1.54) is 24.3 Å².